The van der Waals surface area contributed by atoms with Crippen molar-refractivity contribution in [3.63, 3.8) is 0 Å². The van der Waals surface area contributed by atoms with E-state index >= 15 is 0 Å². The minimum absolute atomic E-state index is 0.0387. The van der Waals surface area contributed by atoms with E-state index in [1.807, 2.05) is 0 Å². The van der Waals surface area contributed by atoms with Gasteiger partial charge in [0.1, 0.15) is 0 Å². The molecule has 0 spiro atoms. The van der Waals surface area contributed by atoms with Gasteiger partial charge in [0.05, 0.1) is 0 Å². The topological polar surface area (TPSA) is 0 Å². The van der Waals surface area contributed by atoms with Crippen molar-refractivity contribution in [1.29, 1.82) is 0 Å². The molecule has 0 aromatic carbocycles. The zero-order valence-electron chi connectivity index (χ0n) is 16.0. The summed E-state index contributed by atoms with van der Waals surface area (Å²) in [5.41, 5.74) is 6.52. The minimum atomic E-state index is -0.332. The molecule has 23 heavy (non-hydrogen) atoms. The van der Waals surface area contributed by atoms with Gasteiger partial charge in [0.25, 0.3) is 0 Å². The molecule has 0 atom stereocenters. The fourth-order valence-electron chi connectivity index (χ4n) is 4.56. The molecule has 0 amide bonds. The summed E-state index contributed by atoms with van der Waals surface area (Å²) in [6, 6.07) is 0. The zero-order chi connectivity index (χ0) is 17.1. The first-order valence-corrected chi connectivity index (χ1v) is 14.4. The summed E-state index contributed by atoms with van der Waals surface area (Å²) < 4.78 is 2.34. The molecule has 2 aromatic heterocycles. The molecule has 1 aliphatic rings. The first-order valence-electron chi connectivity index (χ1n) is 8.80. The van der Waals surface area contributed by atoms with E-state index in [2.05, 4.69) is 55.4 Å². The fraction of sp³-hybridized carbons (Fsp3) is 0.600. The third-order valence-electron chi connectivity index (χ3n) is 6.49. The fourth-order valence-corrected chi connectivity index (χ4v) is 24.8. The van der Waals surface area contributed by atoms with E-state index in [1.165, 1.54) is 12.8 Å². The van der Waals surface area contributed by atoms with E-state index in [-0.39, 0.29) is 38.3 Å². The summed E-state index contributed by atoms with van der Waals surface area (Å²) >= 11 is -0.332. The molecule has 0 aliphatic carbocycles. The summed E-state index contributed by atoms with van der Waals surface area (Å²) in [6.45, 7) is 19.4. The van der Waals surface area contributed by atoms with Crippen molar-refractivity contribution in [1.82, 2.24) is 0 Å². The number of hydrogen-bond donors (Lipinski definition) is 0. The Morgan fingerprint density at radius 3 is 1.26 bits per heavy atom. The molecule has 0 unspecified atom stereocenters. The van der Waals surface area contributed by atoms with Crippen LogP contribution in [0.15, 0.2) is 0 Å². The van der Waals surface area contributed by atoms with Crippen molar-refractivity contribution >= 4 is 15.1 Å². The van der Waals surface area contributed by atoms with Crippen LogP contribution in [0, 0.1) is 55.4 Å². The Morgan fingerprint density at radius 2 is 1.00 bits per heavy atom. The van der Waals surface area contributed by atoms with Crippen LogP contribution in [0.3, 0.4) is 0 Å². The standard InChI is InChI=1S/C20H30P2.Zr/c1-10-11-20(21-16(6)12(2)13(3)17(21)7)22-18(8)14(4)15(5)19(22)9;/h1,10-11H2,2-9H3;. The summed E-state index contributed by atoms with van der Waals surface area (Å²) in [5.74, 6) is 0. The molecule has 3 heteroatoms. The van der Waals surface area contributed by atoms with Crippen LogP contribution in [0.25, 0.3) is 0 Å². The summed E-state index contributed by atoms with van der Waals surface area (Å²) in [4.78, 5) is 0. The molecule has 1 saturated heterocycles. The van der Waals surface area contributed by atoms with Gasteiger partial charge in [-0.05, 0) is 0 Å². The molecule has 0 radical (unpaired) electrons. The summed E-state index contributed by atoms with van der Waals surface area (Å²) in [5, 5.41) is 7.12. The number of hydrogen-bond acceptors (Lipinski definition) is 0. The Balaban J connectivity index is 2.37. The molecule has 0 bridgehead atoms. The van der Waals surface area contributed by atoms with Gasteiger partial charge in [-0.15, -0.1) is 0 Å². The molecule has 3 heterocycles. The van der Waals surface area contributed by atoms with Gasteiger partial charge in [-0.25, -0.2) is 0 Å². The van der Waals surface area contributed by atoms with Crippen molar-refractivity contribution in [2.45, 2.75) is 75.0 Å². The van der Waals surface area contributed by atoms with E-state index in [0.29, 0.717) is 0 Å². The second-order valence-corrected chi connectivity index (χ2v) is 19.5. The monoisotopic (exact) mass is 422 g/mol. The van der Waals surface area contributed by atoms with Crippen molar-refractivity contribution in [3.8, 4) is 0 Å². The second-order valence-electron chi connectivity index (χ2n) is 7.36. The van der Waals surface area contributed by atoms with Crippen LogP contribution < -0.4 is 0 Å². The van der Waals surface area contributed by atoms with E-state index < -0.39 is 0 Å². The maximum absolute atomic E-state index is 2.48. The first kappa shape index (κ1) is 18.2. The predicted octanol–water partition coefficient (Wildman–Crippen LogP) is 7.58. The Bertz CT molecular complexity index is 659. The molecule has 0 saturated carbocycles. The Hall–Kier alpha value is 0.443. The van der Waals surface area contributed by atoms with Gasteiger partial charge in [-0.1, -0.05) is 0 Å². The van der Waals surface area contributed by atoms with Crippen LogP contribution in [0.5, 0.6) is 0 Å². The first-order chi connectivity index (χ1) is 10.7. The van der Waals surface area contributed by atoms with Gasteiger partial charge in [0.2, 0.25) is 0 Å². The number of rotatable bonds is 2. The Labute approximate surface area is 156 Å². The zero-order valence-corrected chi connectivity index (χ0v) is 20.3. The molecule has 1 aliphatic heterocycles. The SMILES string of the molecule is Cc1c(C)c(C)p([C]2(p3c(C)c(C)c(C)c3C)CC[CH2][Zr]2)c1C. The van der Waals surface area contributed by atoms with E-state index in [9.17, 15) is 0 Å². The van der Waals surface area contributed by atoms with Crippen LogP contribution in [-0.4, -0.2) is 0 Å². The van der Waals surface area contributed by atoms with Gasteiger partial charge in [0, 0.05) is 0 Å². The third-order valence-corrected chi connectivity index (χ3v) is 22.3. The van der Waals surface area contributed by atoms with Crippen LogP contribution in [-0.2, 0) is 25.8 Å². The van der Waals surface area contributed by atoms with Crippen LogP contribution >= 0.6 is 15.1 Å². The van der Waals surface area contributed by atoms with E-state index in [1.54, 1.807) is 47.6 Å². The van der Waals surface area contributed by atoms with Crippen molar-refractivity contribution < 1.29 is 23.2 Å². The second kappa shape index (κ2) is 6.31. The maximum atomic E-state index is 2.48. The van der Waals surface area contributed by atoms with Crippen molar-refractivity contribution in [2.75, 3.05) is 0 Å². The molecule has 124 valence electrons. The van der Waals surface area contributed by atoms with Gasteiger partial charge in [-0.3, -0.25) is 0 Å². The third kappa shape index (κ3) is 2.48. The quantitative estimate of drug-likeness (QED) is 0.467. The molecule has 0 nitrogen and oxygen atoms in total. The van der Waals surface area contributed by atoms with Crippen molar-refractivity contribution in [2.24, 2.45) is 0 Å². The predicted molar refractivity (Wildman–Crippen MR) is 104 cm³/mol. The van der Waals surface area contributed by atoms with Gasteiger partial charge in [0.15, 0.2) is 0 Å². The molecule has 3 rings (SSSR count). The molecular formula is C20H30P2Zr. The van der Waals surface area contributed by atoms with Gasteiger partial charge < -0.3 is 0 Å². The molecule has 0 N–H and O–H groups in total. The van der Waals surface area contributed by atoms with Crippen LogP contribution in [0.2, 0.25) is 4.13 Å². The summed E-state index contributed by atoms with van der Waals surface area (Å²) in [7, 11) is -0.0774. The van der Waals surface area contributed by atoms with Crippen molar-refractivity contribution in [3.05, 3.63) is 43.4 Å². The van der Waals surface area contributed by atoms with Gasteiger partial charge >= 0.3 is 157 Å². The Morgan fingerprint density at radius 1 is 0.652 bits per heavy atom. The van der Waals surface area contributed by atoms with E-state index in [4.69, 9.17) is 0 Å². The Kier molecular flexibility index (Phi) is 5.00. The molecule has 2 aromatic rings. The molecular weight excluding hydrogens is 393 g/mol. The summed E-state index contributed by atoms with van der Waals surface area (Å²) in [6.07, 6.45) is 3.04. The molecule has 1 fully saturated rings. The van der Waals surface area contributed by atoms with Gasteiger partial charge in [-0.2, -0.15) is 0 Å². The van der Waals surface area contributed by atoms with Crippen LogP contribution in [0.4, 0.5) is 0 Å². The average molecular weight is 424 g/mol. The van der Waals surface area contributed by atoms with Crippen LogP contribution in [0.1, 0.15) is 56.3 Å². The normalized spacial score (nSPS) is 16.9. The van der Waals surface area contributed by atoms with E-state index in [0.717, 1.165) is 2.61 Å². The average Bonchev–Trinajstić information content (AvgIpc) is 3.12.